The zero-order chi connectivity index (χ0) is 17.1. The van der Waals surface area contributed by atoms with Crippen LogP contribution in [0.25, 0.3) is 10.9 Å². The fourth-order valence-corrected chi connectivity index (χ4v) is 2.85. The van der Waals surface area contributed by atoms with Crippen LogP contribution in [0.3, 0.4) is 0 Å². The van der Waals surface area contributed by atoms with Gasteiger partial charge in [-0.2, -0.15) is 0 Å². The molecule has 0 radical (unpaired) electrons. The van der Waals surface area contributed by atoms with E-state index in [-0.39, 0.29) is 5.97 Å². The Morgan fingerprint density at radius 2 is 1.96 bits per heavy atom. The van der Waals surface area contributed by atoms with Gasteiger partial charge in [-0.3, -0.25) is 4.79 Å². The molecule has 24 heavy (non-hydrogen) atoms. The van der Waals surface area contributed by atoms with Crippen molar-refractivity contribution in [1.82, 2.24) is 4.57 Å². The van der Waals surface area contributed by atoms with Gasteiger partial charge in [0.15, 0.2) is 6.29 Å². The maximum atomic E-state index is 11.7. The van der Waals surface area contributed by atoms with Crippen LogP contribution >= 0.6 is 11.6 Å². The molecule has 0 saturated heterocycles. The predicted octanol–water partition coefficient (Wildman–Crippen LogP) is 4.33. The van der Waals surface area contributed by atoms with Gasteiger partial charge in [0.1, 0.15) is 0 Å². The number of carbonyl (C=O) groups is 2. The Balaban J connectivity index is 1.90. The van der Waals surface area contributed by atoms with Crippen LogP contribution in [0.15, 0.2) is 48.7 Å². The Bertz CT molecular complexity index is 897. The van der Waals surface area contributed by atoms with E-state index >= 15 is 0 Å². The number of benzene rings is 2. The third-order valence-corrected chi connectivity index (χ3v) is 4.05. The van der Waals surface area contributed by atoms with Crippen molar-refractivity contribution >= 4 is 34.8 Å². The molecule has 0 aliphatic carbocycles. The van der Waals surface area contributed by atoms with Gasteiger partial charge in [0.05, 0.1) is 12.2 Å². The Kier molecular flexibility index (Phi) is 4.67. The van der Waals surface area contributed by atoms with E-state index in [1.165, 1.54) is 0 Å². The molecule has 2 aromatic carbocycles. The lowest BCUT2D eigenvalue weighted by atomic mass is 10.1. The summed E-state index contributed by atoms with van der Waals surface area (Å²) >= 11 is 6.02. The molecule has 4 nitrogen and oxygen atoms in total. The van der Waals surface area contributed by atoms with Gasteiger partial charge in [0.25, 0.3) is 0 Å². The Morgan fingerprint density at radius 1 is 1.21 bits per heavy atom. The lowest BCUT2D eigenvalue weighted by Gasteiger charge is -2.07. The van der Waals surface area contributed by atoms with Crippen molar-refractivity contribution in [3.05, 3.63) is 70.4 Å². The number of hydrogen-bond donors (Lipinski definition) is 0. The topological polar surface area (TPSA) is 48.3 Å². The molecule has 0 spiro atoms. The van der Waals surface area contributed by atoms with Gasteiger partial charge < -0.3 is 9.30 Å². The average molecular weight is 342 g/mol. The van der Waals surface area contributed by atoms with Gasteiger partial charge in [-0.15, -0.1) is 0 Å². The molecular weight excluding hydrogens is 326 g/mol. The maximum Gasteiger partial charge on any atom is 0.338 e. The van der Waals surface area contributed by atoms with Crippen LogP contribution in [0.5, 0.6) is 0 Å². The molecule has 3 aromatic rings. The fourth-order valence-electron chi connectivity index (χ4n) is 2.68. The standard InChI is InChI=1S/C19H16ClNO3/c1-2-24-19(23)14-5-3-13(4-6-14)10-21-11-15(12-22)17-9-16(20)7-8-18(17)21/h3-9,11-12H,2,10H2,1H3. The molecule has 122 valence electrons. The molecule has 0 aliphatic rings. The summed E-state index contributed by atoms with van der Waals surface area (Å²) in [5, 5.41) is 1.43. The minimum absolute atomic E-state index is 0.326. The number of halogens is 1. The van der Waals surface area contributed by atoms with E-state index in [0.29, 0.717) is 29.3 Å². The number of ether oxygens (including phenoxy) is 1. The van der Waals surface area contributed by atoms with Crippen LogP contribution in [-0.2, 0) is 11.3 Å². The van der Waals surface area contributed by atoms with E-state index in [1.54, 1.807) is 31.2 Å². The monoisotopic (exact) mass is 341 g/mol. The third kappa shape index (κ3) is 3.19. The fraction of sp³-hybridized carbons (Fsp3) is 0.158. The molecule has 1 aromatic heterocycles. The van der Waals surface area contributed by atoms with Gasteiger partial charge >= 0.3 is 5.97 Å². The van der Waals surface area contributed by atoms with Crippen LogP contribution in [0.1, 0.15) is 33.2 Å². The first kappa shape index (κ1) is 16.3. The van der Waals surface area contributed by atoms with E-state index in [4.69, 9.17) is 16.3 Å². The molecule has 0 amide bonds. The number of rotatable bonds is 5. The molecule has 0 atom stereocenters. The van der Waals surface area contributed by atoms with Crippen LogP contribution in [0.4, 0.5) is 0 Å². The number of aromatic nitrogens is 1. The third-order valence-electron chi connectivity index (χ3n) is 3.82. The number of hydrogen-bond acceptors (Lipinski definition) is 3. The van der Waals surface area contributed by atoms with Crippen LogP contribution in [0.2, 0.25) is 5.02 Å². The summed E-state index contributed by atoms with van der Waals surface area (Å²) in [5.74, 6) is -0.326. The van der Waals surface area contributed by atoms with Crippen molar-refractivity contribution in [3.63, 3.8) is 0 Å². The van der Waals surface area contributed by atoms with Crippen LogP contribution in [0, 0.1) is 0 Å². The first-order valence-electron chi connectivity index (χ1n) is 7.62. The molecule has 1 heterocycles. The highest BCUT2D eigenvalue weighted by Crippen LogP contribution is 2.25. The van der Waals surface area contributed by atoms with Crippen LogP contribution in [-0.4, -0.2) is 23.4 Å². The molecule has 0 bridgehead atoms. The molecule has 0 fully saturated rings. The molecule has 0 unspecified atom stereocenters. The van der Waals surface area contributed by atoms with Crippen molar-refractivity contribution in [2.24, 2.45) is 0 Å². The lowest BCUT2D eigenvalue weighted by molar-refractivity contribution is 0.0526. The summed E-state index contributed by atoms with van der Waals surface area (Å²) in [6, 6.07) is 12.8. The summed E-state index contributed by atoms with van der Waals surface area (Å²) < 4.78 is 6.97. The smallest absolute Gasteiger partial charge is 0.338 e. The number of esters is 1. The molecule has 0 saturated carbocycles. The highest BCUT2D eigenvalue weighted by Gasteiger charge is 2.10. The number of aldehydes is 1. The first-order valence-corrected chi connectivity index (χ1v) is 8.00. The SMILES string of the molecule is CCOC(=O)c1ccc(Cn2cc(C=O)c3cc(Cl)ccc32)cc1. The minimum atomic E-state index is -0.326. The number of fused-ring (bicyclic) bond motifs is 1. The van der Waals surface area contributed by atoms with Crippen LogP contribution < -0.4 is 0 Å². The summed E-state index contributed by atoms with van der Waals surface area (Å²) in [7, 11) is 0. The summed E-state index contributed by atoms with van der Waals surface area (Å²) in [6.07, 6.45) is 2.65. The molecule has 3 rings (SSSR count). The van der Waals surface area contributed by atoms with E-state index in [2.05, 4.69) is 0 Å². The highest BCUT2D eigenvalue weighted by molar-refractivity contribution is 6.31. The molecule has 5 heteroatoms. The number of nitrogens with zero attached hydrogens (tertiary/aromatic N) is 1. The van der Waals surface area contributed by atoms with Crippen molar-refractivity contribution in [2.45, 2.75) is 13.5 Å². The second-order valence-electron chi connectivity index (χ2n) is 5.41. The van der Waals surface area contributed by atoms with E-state index in [0.717, 1.165) is 22.8 Å². The Labute approximate surface area is 144 Å². The molecule has 0 N–H and O–H groups in total. The van der Waals surface area contributed by atoms with Crippen molar-refractivity contribution in [2.75, 3.05) is 6.61 Å². The quantitative estimate of drug-likeness (QED) is 0.512. The van der Waals surface area contributed by atoms with E-state index < -0.39 is 0 Å². The van der Waals surface area contributed by atoms with Crippen molar-refractivity contribution in [3.8, 4) is 0 Å². The van der Waals surface area contributed by atoms with Gasteiger partial charge in [-0.05, 0) is 42.8 Å². The summed E-state index contributed by atoms with van der Waals surface area (Å²) in [4.78, 5) is 23.0. The first-order chi connectivity index (χ1) is 11.6. The lowest BCUT2D eigenvalue weighted by Crippen LogP contribution is -2.05. The maximum absolute atomic E-state index is 11.7. The molecule has 0 aliphatic heterocycles. The number of carbonyl (C=O) groups excluding carboxylic acids is 2. The molecular formula is C19H16ClNO3. The van der Waals surface area contributed by atoms with Crippen molar-refractivity contribution < 1.29 is 14.3 Å². The summed E-state index contributed by atoms with van der Waals surface area (Å²) in [5.41, 5.74) is 3.09. The van der Waals surface area contributed by atoms with Gasteiger partial charge in [-0.1, -0.05) is 23.7 Å². The second-order valence-corrected chi connectivity index (χ2v) is 5.85. The highest BCUT2D eigenvalue weighted by atomic mass is 35.5. The minimum Gasteiger partial charge on any atom is -0.462 e. The van der Waals surface area contributed by atoms with Crippen molar-refractivity contribution in [1.29, 1.82) is 0 Å². The normalized spacial score (nSPS) is 10.8. The summed E-state index contributed by atoms with van der Waals surface area (Å²) in [6.45, 7) is 2.72. The van der Waals surface area contributed by atoms with Gasteiger partial charge in [0.2, 0.25) is 0 Å². The Hall–Kier alpha value is -2.59. The van der Waals surface area contributed by atoms with Gasteiger partial charge in [0, 0.05) is 34.2 Å². The second kappa shape index (κ2) is 6.89. The Morgan fingerprint density at radius 3 is 2.62 bits per heavy atom. The average Bonchev–Trinajstić information content (AvgIpc) is 2.92. The largest absolute Gasteiger partial charge is 0.462 e. The van der Waals surface area contributed by atoms with Gasteiger partial charge in [-0.25, -0.2) is 4.79 Å². The van der Waals surface area contributed by atoms with E-state index in [1.807, 2.05) is 29.0 Å². The zero-order valence-corrected chi connectivity index (χ0v) is 13.9. The zero-order valence-electron chi connectivity index (χ0n) is 13.2. The van der Waals surface area contributed by atoms with E-state index in [9.17, 15) is 9.59 Å². The predicted molar refractivity (Wildman–Crippen MR) is 93.8 cm³/mol.